The number of rotatable bonds is 3. The highest BCUT2D eigenvalue weighted by Crippen LogP contribution is 2.35. The van der Waals surface area contributed by atoms with Crippen molar-refractivity contribution in [2.75, 3.05) is 0 Å². The Morgan fingerprint density at radius 2 is 2.29 bits per heavy atom. The van der Waals surface area contributed by atoms with E-state index in [0.717, 1.165) is 16.2 Å². The normalized spacial score (nSPS) is 26.8. The van der Waals surface area contributed by atoms with Crippen LogP contribution in [-0.2, 0) is 0 Å². The van der Waals surface area contributed by atoms with Crippen LogP contribution in [0.2, 0.25) is 0 Å². The fraction of sp³-hybridized carbons (Fsp3) is 0.643. The van der Waals surface area contributed by atoms with E-state index in [1.54, 1.807) is 0 Å². The van der Waals surface area contributed by atoms with Crippen LogP contribution in [0.15, 0.2) is 23.4 Å². The first kappa shape index (κ1) is 12.9. The number of nitrogens with two attached hydrogens (primary N) is 1. The van der Waals surface area contributed by atoms with E-state index in [-0.39, 0.29) is 6.04 Å². The fourth-order valence-electron chi connectivity index (χ4n) is 2.43. The number of thioether (sulfide) groups is 1. The number of hydrogen-bond acceptors (Lipinski definition) is 3. The van der Waals surface area contributed by atoms with E-state index < -0.39 is 0 Å². The van der Waals surface area contributed by atoms with Crippen LogP contribution in [0.5, 0.6) is 0 Å². The smallest absolute Gasteiger partial charge is 0.0965 e. The summed E-state index contributed by atoms with van der Waals surface area (Å²) in [6.45, 7) is 4.38. The first-order valence-electron chi connectivity index (χ1n) is 6.53. The van der Waals surface area contributed by atoms with Crippen molar-refractivity contribution in [2.24, 2.45) is 11.7 Å². The van der Waals surface area contributed by atoms with Crippen LogP contribution in [-0.4, -0.2) is 10.2 Å². The lowest BCUT2D eigenvalue weighted by molar-refractivity contribution is 0.394. The summed E-state index contributed by atoms with van der Waals surface area (Å²) in [5.74, 6) is 0.873. The molecular weight excluding hydrogens is 228 g/mol. The molecule has 2 rings (SSSR count). The van der Waals surface area contributed by atoms with Gasteiger partial charge in [0.25, 0.3) is 0 Å². The summed E-state index contributed by atoms with van der Waals surface area (Å²) >= 11 is 1.93. The van der Waals surface area contributed by atoms with E-state index in [0.29, 0.717) is 0 Å². The van der Waals surface area contributed by atoms with Crippen LogP contribution in [0, 0.1) is 5.92 Å². The molecule has 0 bridgehead atoms. The quantitative estimate of drug-likeness (QED) is 0.887. The number of nitrogens with zero attached hydrogens (tertiary/aromatic N) is 1. The highest BCUT2D eigenvalue weighted by Gasteiger charge is 2.20. The van der Waals surface area contributed by atoms with Crippen LogP contribution >= 0.6 is 11.8 Å². The van der Waals surface area contributed by atoms with Crippen molar-refractivity contribution in [3.8, 4) is 0 Å². The van der Waals surface area contributed by atoms with E-state index in [1.807, 2.05) is 30.9 Å². The Morgan fingerprint density at radius 1 is 1.47 bits per heavy atom. The topological polar surface area (TPSA) is 38.9 Å². The maximum Gasteiger partial charge on any atom is 0.0965 e. The summed E-state index contributed by atoms with van der Waals surface area (Å²) in [5, 5.41) is 1.88. The molecule has 0 aliphatic heterocycles. The lowest BCUT2D eigenvalue weighted by Gasteiger charge is -2.25. The summed E-state index contributed by atoms with van der Waals surface area (Å²) in [6, 6.07) is 4.26. The minimum Gasteiger partial charge on any atom is -0.324 e. The highest BCUT2D eigenvalue weighted by molar-refractivity contribution is 7.99. The van der Waals surface area contributed by atoms with Gasteiger partial charge in [-0.1, -0.05) is 19.8 Å². The summed E-state index contributed by atoms with van der Waals surface area (Å²) in [6.07, 6.45) is 7.30. The molecule has 2 N–H and O–H groups in total. The number of aromatic nitrogens is 1. The van der Waals surface area contributed by atoms with Gasteiger partial charge in [-0.05, 0) is 43.4 Å². The molecule has 3 heteroatoms. The Bertz CT molecular complexity index is 365. The van der Waals surface area contributed by atoms with Gasteiger partial charge in [-0.3, -0.25) is 0 Å². The zero-order chi connectivity index (χ0) is 12.3. The van der Waals surface area contributed by atoms with Crippen molar-refractivity contribution < 1.29 is 0 Å². The molecule has 1 aliphatic carbocycles. The second kappa shape index (κ2) is 5.87. The van der Waals surface area contributed by atoms with E-state index in [4.69, 9.17) is 5.73 Å². The standard InChI is InChI=1S/C14H22N2S/c1-10-4-3-5-13(8-10)17-14-9-12(11(2)15)6-7-16-14/h6-7,9-11,13H,3-5,8,15H2,1-2H3. The van der Waals surface area contributed by atoms with Gasteiger partial charge in [-0.2, -0.15) is 0 Å². The Hall–Kier alpha value is -0.540. The average Bonchev–Trinajstić information content (AvgIpc) is 2.29. The second-order valence-corrected chi connectivity index (χ2v) is 6.55. The molecule has 1 aromatic rings. The van der Waals surface area contributed by atoms with E-state index in [9.17, 15) is 0 Å². The van der Waals surface area contributed by atoms with Crippen LogP contribution < -0.4 is 5.73 Å². The van der Waals surface area contributed by atoms with Crippen molar-refractivity contribution in [1.29, 1.82) is 0 Å². The van der Waals surface area contributed by atoms with Crippen LogP contribution in [0.1, 0.15) is 51.1 Å². The largest absolute Gasteiger partial charge is 0.324 e. The minimum atomic E-state index is 0.0997. The lowest BCUT2D eigenvalue weighted by atomic mass is 9.91. The summed E-state index contributed by atoms with van der Waals surface area (Å²) < 4.78 is 0. The minimum absolute atomic E-state index is 0.0997. The molecule has 94 valence electrons. The monoisotopic (exact) mass is 250 g/mol. The van der Waals surface area contributed by atoms with Crippen molar-refractivity contribution in [2.45, 2.75) is 55.8 Å². The first-order valence-corrected chi connectivity index (χ1v) is 7.41. The zero-order valence-corrected chi connectivity index (χ0v) is 11.5. The zero-order valence-electron chi connectivity index (χ0n) is 10.7. The molecule has 0 aromatic carbocycles. The Morgan fingerprint density at radius 3 is 3.00 bits per heavy atom. The summed E-state index contributed by atoms with van der Waals surface area (Å²) in [7, 11) is 0. The molecule has 1 aliphatic rings. The molecule has 1 fully saturated rings. The molecule has 1 saturated carbocycles. The summed E-state index contributed by atoms with van der Waals surface area (Å²) in [4.78, 5) is 4.45. The predicted octanol–water partition coefficient (Wildman–Crippen LogP) is 3.77. The molecular formula is C14H22N2S. The van der Waals surface area contributed by atoms with Crippen LogP contribution in [0.25, 0.3) is 0 Å². The van der Waals surface area contributed by atoms with Crippen molar-refractivity contribution in [1.82, 2.24) is 4.98 Å². The van der Waals surface area contributed by atoms with Crippen LogP contribution in [0.4, 0.5) is 0 Å². The SMILES string of the molecule is CC1CCCC(Sc2cc(C(C)N)ccn2)C1. The lowest BCUT2D eigenvalue weighted by Crippen LogP contribution is -2.15. The number of pyridine rings is 1. The Labute approximate surface area is 108 Å². The molecule has 17 heavy (non-hydrogen) atoms. The van der Waals surface area contributed by atoms with Crippen molar-refractivity contribution >= 4 is 11.8 Å². The molecule has 3 atom stereocenters. The van der Waals surface area contributed by atoms with Crippen molar-refractivity contribution in [3.63, 3.8) is 0 Å². The maximum atomic E-state index is 5.90. The fourth-order valence-corrected chi connectivity index (χ4v) is 3.81. The molecule has 3 unspecified atom stereocenters. The molecule has 1 heterocycles. The van der Waals surface area contributed by atoms with E-state index in [2.05, 4.69) is 18.0 Å². The molecule has 0 saturated heterocycles. The first-order chi connectivity index (χ1) is 8.15. The highest BCUT2D eigenvalue weighted by atomic mass is 32.2. The van der Waals surface area contributed by atoms with Gasteiger partial charge in [0.1, 0.15) is 0 Å². The van der Waals surface area contributed by atoms with Gasteiger partial charge in [-0.15, -0.1) is 11.8 Å². The molecule has 2 nitrogen and oxygen atoms in total. The molecule has 0 amide bonds. The van der Waals surface area contributed by atoms with E-state index >= 15 is 0 Å². The second-order valence-electron chi connectivity index (χ2n) is 5.23. The maximum absolute atomic E-state index is 5.90. The van der Waals surface area contributed by atoms with Crippen molar-refractivity contribution in [3.05, 3.63) is 23.9 Å². The summed E-state index contributed by atoms with van der Waals surface area (Å²) in [5.41, 5.74) is 7.09. The third-order valence-electron chi connectivity index (χ3n) is 3.46. The van der Waals surface area contributed by atoms with Gasteiger partial charge >= 0.3 is 0 Å². The third-order valence-corrected chi connectivity index (χ3v) is 4.69. The van der Waals surface area contributed by atoms with E-state index in [1.165, 1.54) is 31.2 Å². The van der Waals surface area contributed by atoms with Gasteiger partial charge < -0.3 is 5.73 Å². The Kier molecular flexibility index (Phi) is 4.46. The van der Waals surface area contributed by atoms with Gasteiger partial charge in [0.15, 0.2) is 0 Å². The van der Waals surface area contributed by atoms with Gasteiger partial charge in [0.2, 0.25) is 0 Å². The third kappa shape index (κ3) is 3.71. The molecule has 0 radical (unpaired) electrons. The van der Waals surface area contributed by atoms with Gasteiger partial charge in [-0.25, -0.2) is 4.98 Å². The molecule has 1 aromatic heterocycles. The Balaban J connectivity index is 2.00. The van der Waals surface area contributed by atoms with Gasteiger partial charge in [0.05, 0.1) is 5.03 Å². The molecule has 0 spiro atoms. The predicted molar refractivity (Wildman–Crippen MR) is 74.1 cm³/mol. The average molecular weight is 250 g/mol. The van der Waals surface area contributed by atoms with Gasteiger partial charge in [0, 0.05) is 17.5 Å². The number of hydrogen-bond donors (Lipinski definition) is 1. The van der Waals surface area contributed by atoms with Crippen LogP contribution in [0.3, 0.4) is 0 Å².